The summed E-state index contributed by atoms with van der Waals surface area (Å²) in [6, 6.07) is 3.91. The number of ether oxygens (including phenoxy) is 2. The Morgan fingerprint density at radius 1 is 1.18 bits per heavy atom. The van der Waals surface area contributed by atoms with Crippen LogP contribution in [0, 0.1) is 5.82 Å². The van der Waals surface area contributed by atoms with Crippen LogP contribution >= 0.6 is 11.6 Å². The molecule has 3 aromatic rings. The number of carbonyl (C=O) groups excluding carboxylic acids is 2. The van der Waals surface area contributed by atoms with E-state index in [0.29, 0.717) is 0 Å². The number of alkyl halides is 3. The topological polar surface area (TPSA) is 127 Å². The van der Waals surface area contributed by atoms with Crippen LogP contribution in [-0.2, 0) is 22.3 Å². The van der Waals surface area contributed by atoms with Crippen molar-refractivity contribution in [3.05, 3.63) is 70.5 Å². The molecule has 39 heavy (non-hydrogen) atoms. The van der Waals surface area contributed by atoms with Crippen molar-refractivity contribution in [1.29, 1.82) is 0 Å². The first kappa shape index (κ1) is 28.0. The number of amides is 2. The van der Waals surface area contributed by atoms with Crippen LogP contribution in [0.1, 0.15) is 28.0 Å². The van der Waals surface area contributed by atoms with Crippen molar-refractivity contribution in [3.63, 3.8) is 0 Å². The lowest BCUT2D eigenvalue weighted by Gasteiger charge is -2.27. The van der Waals surface area contributed by atoms with Gasteiger partial charge in [-0.1, -0.05) is 17.7 Å². The van der Waals surface area contributed by atoms with Gasteiger partial charge in [0.15, 0.2) is 0 Å². The van der Waals surface area contributed by atoms with Gasteiger partial charge in [0.2, 0.25) is 5.91 Å². The number of rotatable bonds is 8. The number of benzene rings is 1. The second kappa shape index (κ2) is 11.4. The van der Waals surface area contributed by atoms with Gasteiger partial charge in [-0.05, 0) is 18.2 Å². The molecule has 15 heteroatoms. The lowest BCUT2D eigenvalue weighted by Crippen LogP contribution is -2.59. The van der Waals surface area contributed by atoms with E-state index in [1.165, 1.54) is 25.6 Å². The fourth-order valence-corrected chi connectivity index (χ4v) is 3.99. The molecule has 10 nitrogen and oxygen atoms in total. The molecule has 1 saturated heterocycles. The first-order valence-electron chi connectivity index (χ1n) is 11.3. The Morgan fingerprint density at radius 3 is 2.54 bits per heavy atom. The highest BCUT2D eigenvalue weighted by Gasteiger charge is 2.44. The first-order valence-corrected chi connectivity index (χ1v) is 11.7. The van der Waals surface area contributed by atoms with Crippen molar-refractivity contribution in [1.82, 2.24) is 25.6 Å². The number of para-hydroxylation sites is 1. The zero-order valence-electron chi connectivity index (χ0n) is 20.2. The summed E-state index contributed by atoms with van der Waals surface area (Å²) in [6.45, 7) is -0.0351. The Morgan fingerprint density at radius 2 is 1.92 bits per heavy atom. The third-order valence-electron chi connectivity index (χ3n) is 5.80. The Hall–Kier alpha value is -4.04. The number of methoxy groups -OCH3 is 1. The average Bonchev–Trinajstić information content (AvgIpc) is 3.38. The van der Waals surface area contributed by atoms with Gasteiger partial charge in [-0.15, -0.1) is 0 Å². The molecule has 0 radical (unpaired) electrons. The van der Waals surface area contributed by atoms with Crippen LogP contribution in [0.5, 0.6) is 6.01 Å². The fourth-order valence-electron chi connectivity index (χ4n) is 3.76. The van der Waals surface area contributed by atoms with Gasteiger partial charge in [-0.3, -0.25) is 14.6 Å². The summed E-state index contributed by atoms with van der Waals surface area (Å²) >= 11 is 6.24. The second-order valence-corrected chi connectivity index (χ2v) is 8.82. The van der Waals surface area contributed by atoms with Gasteiger partial charge in [-0.2, -0.15) is 13.2 Å². The molecule has 2 aromatic heterocycles. The van der Waals surface area contributed by atoms with Gasteiger partial charge in [0.05, 0.1) is 59.7 Å². The molecule has 3 N–H and O–H groups in total. The van der Waals surface area contributed by atoms with Gasteiger partial charge in [0.25, 0.3) is 5.91 Å². The molecule has 2 amide bonds. The van der Waals surface area contributed by atoms with Crippen LogP contribution in [0.15, 0.2) is 42.9 Å². The summed E-state index contributed by atoms with van der Waals surface area (Å²) in [5, 5.41) is 7.68. The molecule has 0 aliphatic carbocycles. The minimum absolute atomic E-state index is 0.000290. The van der Waals surface area contributed by atoms with Crippen LogP contribution in [0.4, 0.5) is 28.9 Å². The van der Waals surface area contributed by atoms with E-state index >= 15 is 0 Å². The number of aromatic nitrogens is 3. The summed E-state index contributed by atoms with van der Waals surface area (Å²) in [6.07, 6.45) is -0.946. The molecule has 4 rings (SSSR count). The lowest BCUT2D eigenvalue weighted by molar-refractivity contribution is -0.137. The number of hydrogen-bond acceptors (Lipinski definition) is 8. The minimum atomic E-state index is -4.79. The molecule has 1 aliphatic heterocycles. The smallest absolute Gasteiger partial charge is 0.418 e. The van der Waals surface area contributed by atoms with Crippen LogP contribution in [-0.4, -0.2) is 52.6 Å². The largest absolute Gasteiger partial charge is 0.467 e. The predicted octanol–water partition coefficient (Wildman–Crippen LogP) is 3.64. The maximum absolute atomic E-state index is 14.2. The Labute approximate surface area is 224 Å². The standard InChI is InChI=1S/C24H21ClF4N6O4/c1-38-22-32-8-13(9-33-22)20(36)35-23(5-6-39-12-23)21(37)31-11-18-16(25)7-14(10-30-18)34-19-15(24(27,28)29)3-2-4-17(19)26/h2-4,7-10,34H,5-6,11-12H2,1H3,(H,31,37)(H,35,36). The van der Waals surface area contributed by atoms with Gasteiger partial charge >= 0.3 is 12.2 Å². The zero-order chi connectivity index (χ0) is 28.2. The molecule has 0 spiro atoms. The number of halogens is 5. The molecular weight excluding hydrogens is 548 g/mol. The van der Waals surface area contributed by atoms with E-state index in [9.17, 15) is 27.2 Å². The monoisotopic (exact) mass is 568 g/mol. The number of hydrogen-bond donors (Lipinski definition) is 3. The van der Waals surface area contributed by atoms with E-state index in [1.54, 1.807) is 0 Å². The van der Waals surface area contributed by atoms with Crippen LogP contribution in [0.25, 0.3) is 0 Å². The molecule has 0 bridgehead atoms. The van der Waals surface area contributed by atoms with Crippen molar-refractivity contribution in [2.45, 2.75) is 24.7 Å². The van der Waals surface area contributed by atoms with E-state index in [2.05, 4.69) is 30.9 Å². The quantitative estimate of drug-likeness (QED) is 0.352. The average molecular weight is 569 g/mol. The van der Waals surface area contributed by atoms with Gasteiger partial charge in [0, 0.05) is 25.4 Å². The van der Waals surface area contributed by atoms with E-state index in [-0.39, 0.29) is 54.2 Å². The first-order chi connectivity index (χ1) is 18.5. The SMILES string of the molecule is COc1ncc(C(=O)NC2(C(=O)NCc3ncc(Nc4c(F)cccc4C(F)(F)F)cc3Cl)CCOC2)cn1. The van der Waals surface area contributed by atoms with E-state index < -0.39 is 40.6 Å². The molecule has 1 unspecified atom stereocenters. The summed E-state index contributed by atoms with van der Waals surface area (Å²) in [4.78, 5) is 37.7. The fraction of sp³-hybridized carbons (Fsp3) is 0.292. The van der Waals surface area contributed by atoms with Crippen molar-refractivity contribution in [3.8, 4) is 6.01 Å². The Balaban J connectivity index is 1.44. The maximum atomic E-state index is 14.2. The van der Waals surface area contributed by atoms with Crippen molar-refractivity contribution < 1.29 is 36.6 Å². The number of carbonyl (C=O) groups is 2. The molecule has 1 aliphatic rings. The zero-order valence-corrected chi connectivity index (χ0v) is 21.0. The van der Waals surface area contributed by atoms with E-state index in [1.807, 2.05) is 0 Å². The van der Waals surface area contributed by atoms with Gasteiger partial charge < -0.3 is 25.4 Å². The highest BCUT2D eigenvalue weighted by atomic mass is 35.5. The van der Waals surface area contributed by atoms with Crippen LogP contribution in [0.2, 0.25) is 5.02 Å². The number of anilines is 2. The van der Waals surface area contributed by atoms with Crippen molar-refractivity contribution in [2.24, 2.45) is 0 Å². The number of nitrogens with one attached hydrogen (secondary N) is 3. The molecule has 0 saturated carbocycles. The van der Waals surface area contributed by atoms with Crippen molar-refractivity contribution >= 4 is 34.8 Å². The normalized spacial score (nSPS) is 17.0. The van der Waals surface area contributed by atoms with E-state index in [4.69, 9.17) is 21.1 Å². The highest BCUT2D eigenvalue weighted by molar-refractivity contribution is 6.31. The highest BCUT2D eigenvalue weighted by Crippen LogP contribution is 2.37. The molecule has 1 fully saturated rings. The molecule has 1 atom stereocenters. The molecule has 1 aromatic carbocycles. The third kappa shape index (κ3) is 6.34. The predicted molar refractivity (Wildman–Crippen MR) is 130 cm³/mol. The molecule has 206 valence electrons. The molecular formula is C24H21ClF4N6O4. The summed E-state index contributed by atoms with van der Waals surface area (Å²) in [5.41, 5.74) is -3.06. The number of nitrogens with zero attached hydrogens (tertiary/aromatic N) is 3. The maximum Gasteiger partial charge on any atom is 0.418 e. The van der Waals surface area contributed by atoms with Crippen molar-refractivity contribution in [2.75, 3.05) is 25.6 Å². The molecule has 3 heterocycles. The minimum Gasteiger partial charge on any atom is -0.467 e. The lowest BCUT2D eigenvalue weighted by atomic mass is 9.96. The Kier molecular flexibility index (Phi) is 8.16. The van der Waals surface area contributed by atoms with E-state index in [0.717, 1.165) is 24.4 Å². The second-order valence-electron chi connectivity index (χ2n) is 8.42. The van der Waals surface area contributed by atoms with Gasteiger partial charge in [0.1, 0.15) is 11.4 Å². The number of pyridine rings is 1. The third-order valence-corrected chi connectivity index (χ3v) is 6.13. The summed E-state index contributed by atoms with van der Waals surface area (Å²) in [7, 11) is 1.38. The summed E-state index contributed by atoms with van der Waals surface area (Å²) in [5.74, 6) is -2.27. The van der Waals surface area contributed by atoms with Crippen LogP contribution in [0.3, 0.4) is 0 Å². The van der Waals surface area contributed by atoms with Gasteiger partial charge in [-0.25, -0.2) is 14.4 Å². The summed E-state index contributed by atoms with van der Waals surface area (Å²) < 4.78 is 64.2. The Bertz CT molecular complexity index is 1370. The van der Waals surface area contributed by atoms with Crippen LogP contribution < -0.4 is 20.7 Å².